The molecule has 0 aliphatic carbocycles. The Hall–Kier alpha value is -1.98. The third kappa shape index (κ3) is 3.80. The molecule has 0 aromatic carbocycles. The fourth-order valence-electron chi connectivity index (χ4n) is 1.39. The summed E-state index contributed by atoms with van der Waals surface area (Å²) in [7, 11) is 0. The lowest BCUT2D eigenvalue weighted by molar-refractivity contribution is -0.144. The minimum atomic E-state index is -0.427. The Kier molecular flexibility index (Phi) is 5.23. The van der Waals surface area contributed by atoms with Crippen LogP contribution in [0.1, 0.15) is 31.3 Å². The number of hydrogen-bond donors (Lipinski definition) is 0. The van der Waals surface area contributed by atoms with Crippen LogP contribution in [0, 0.1) is 0 Å². The highest BCUT2D eigenvalue weighted by Crippen LogP contribution is 2.05. The molecule has 1 amide bonds. The Balaban J connectivity index is 2.79. The number of ether oxygens (including phenoxy) is 1. The summed E-state index contributed by atoms with van der Waals surface area (Å²) < 4.78 is 4.84. The third-order valence-electron chi connectivity index (χ3n) is 2.27. The molecule has 0 atom stereocenters. The molecular weight excluding hydrogens is 234 g/mol. The SMILES string of the molecule is CCOC(=O)CN(C(=O)c1cnccn1)C(C)C. The van der Waals surface area contributed by atoms with Gasteiger partial charge in [-0.2, -0.15) is 0 Å². The van der Waals surface area contributed by atoms with E-state index in [1.165, 1.54) is 23.5 Å². The van der Waals surface area contributed by atoms with Crippen LogP contribution in [-0.2, 0) is 9.53 Å². The van der Waals surface area contributed by atoms with E-state index in [2.05, 4.69) is 9.97 Å². The molecule has 0 unspecified atom stereocenters. The number of hydrogen-bond acceptors (Lipinski definition) is 5. The number of nitrogens with zero attached hydrogens (tertiary/aromatic N) is 3. The average Bonchev–Trinajstić information content (AvgIpc) is 2.36. The van der Waals surface area contributed by atoms with Gasteiger partial charge in [-0.3, -0.25) is 14.6 Å². The zero-order valence-corrected chi connectivity index (χ0v) is 10.8. The molecule has 1 heterocycles. The highest BCUT2D eigenvalue weighted by atomic mass is 16.5. The van der Waals surface area contributed by atoms with Crippen LogP contribution in [0.15, 0.2) is 18.6 Å². The molecule has 1 rings (SSSR count). The van der Waals surface area contributed by atoms with Crippen LogP contribution in [0.2, 0.25) is 0 Å². The summed E-state index contributed by atoms with van der Waals surface area (Å²) >= 11 is 0. The van der Waals surface area contributed by atoms with Gasteiger partial charge in [-0.25, -0.2) is 4.98 Å². The monoisotopic (exact) mass is 251 g/mol. The molecule has 0 saturated carbocycles. The van der Waals surface area contributed by atoms with Gasteiger partial charge in [0.1, 0.15) is 12.2 Å². The van der Waals surface area contributed by atoms with E-state index < -0.39 is 5.97 Å². The summed E-state index contributed by atoms with van der Waals surface area (Å²) in [6.45, 7) is 5.59. The quantitative estimate of drug-likeness (QED) is 0.727. The lowest BCUT2D eigenvalue weighted by atomic mass is 10.2. The Morgan fingerprint density at radius 1 is 1.39 bits per heavy atom. The van der Waals surface area contributed by atoms with E-state index in [9.17, 15) is 9.59 Å². The first kappa shape index (κ1) is 14.1. The minimum absolute atomic E-state index is 0.0824. The molecule has 0 saturated heterocycles. The Bertz CT molecular complexity index is 406. The molecule has 0 aliphatic rings. The van der Waals surface area contributed by atoms with Crippen molar-refractivity contribution < 1.29 is 14.3 Å². The number of rotatable bonds is 5. The largest absolute Gasteiger partial charge is 0.465 e. The zero-order valence-electron chi connectivity index (χ0n) is 10.8. The first-order valence-corrected chi connectivity index (χ1v) is 5.78. The molecule has 0 spiro atoms. The van der Waals surface area contributed by atoms with Gasteiger partial charge in [-0.1, -0.05) is 0 Å². The summed E-state index contributed by atoms with van der Waals surface area (Å²) in [4.78, 5) is 32.8. The van der Waals surface area contributed by atoms with Gasteiger partial charge in [0, 0.05) is 18.4 Å². The molecular formula is C12H17N3O3. The Morgan fingerprint density at radius 2 is 2.11 bits per heavy atom. The van der Waals surface area contributed by atoms with Crippen LogP contribution in [0.5, 0.6) is 0 Å². The Labute approximate surface area is 106 Å². The maximum absolute atomic E-state index is 12.1. The van der Waals surface area contributed by atoms with Crippen molar-refractivity contribution in [2.45, 2.75) is 26.8 Å². The van der Waals surface area contributed by atoms with E-state index in [4.69, 9.17) is 4.74 Å². The van der Waals surface area contributed by atoms with Gasteiger partial charge >= 0.3 is 5.97 Å². The summed E-state index contributed by atoms with van der Waals surface area (Å²) in [6.07, 6.45) is 4.31. The van der Waals surface area contributed by atoms with Crippen LogP contribution >= 0.6 is 0 Å². The molecule has 1 aromatic heterocycles. The summed E-state index contributed by atoms with van der Waals surface area (Å²) in [5, 5.41) is 0. The number of amides is 1. The van der Waals surface area contributed by atoms with E-state index >= 15 is 0 Å². The van der Waals surface area contributed by atoms with Crippen LogP contribution in [0.4, 0.5) is 0 Å². The van der Waals surface area contributed by atoms with Crippen molar-refractivity contribution in [3.8, 4) is 0 Å². The molecule has 6 heteroatoms. The van der Waals surface area contributed by atoms with Gasteiger partial charge in [0.05, 0.1) is 12.8 Å². The minimum Gasteiger partial charge on any atom is -0.465 e. The lowest BCUT2D eigenvalue weighted by Crippen LogP contribution is -2.41. The molecule has 0 N–H and O–H groups in total. The molecule has 0 radical (unpaired) electrons. The van der Waals surface area contributed by atoms with Gasteiger partial charge in [0.15, 0.2) is 0 Å². The average molecular weight is 251 g/mol. The first-order chi connectivity index (χ1) is 8.56. The lowest BCUT2D eigenvalue weighted by Gasteiger charge is -2.25. The fraction of sp³-hybridized carbons (Fsp3) is 0.500. The van der Waals surface area contributed by atoms with E-state index in [0.717, 1.165) is 0 Å². The summed E-state index contributed by atoms with van der Waals surface area (Å²) in [6, 6.07) is -0.121. The molecule has 18 heavy (non-hydrogen) atoms. The zero-order chi connectivity index (χ0) is 13.5. The summed E-state index contributed by atoms with van der Waals surface area (Å²) in [5.74, 6) is -0.755. The van der Waals surface area contributed by atoms with Crippen molar-refractivity contribution in [1.82, 2.24) is 14.9 Å². The number of carbonyl (C=O) groups is 2. The smallest absolute Gasteiger partial charge is 0.325 e. The van der Waals surface area contributed by atoms with Crippen molar-refractivity contribution in [2.75, 3.05) is 13.2 Å². The van der Waals surface area contributed by atoms with Gasteiger partial charge in [0.2, 0.25) is 0 Å². The van der Waals surface area contributed by atoms with Gasteiger partial charge in [-0.05, 0) is 20.8 Å². The fourth-order valence-corrected chi connectivity index (χ4v) is 1.39. The number of aromatic nitrogens is 2. The van der Waals surface area contributed by atoms with Crippen LogP contribution in [0.3, 0.4) is 0 Å². The normalized spacial score (nSPS) is 10.2. The number of esters is 1. The Morgan fingerprint density at radius 3 is 2.61 bits per heavy atom. The van der Waals surface area contributed by atoms with Gasteiger partial charge in [0.25, 0.3) is 5.91 Å². The molecule has 0 aliphatic heterocycles. The van der Waals surface area contributed by atoms with E-state index in [1.54, 1.807) is 6.92 Å². The van der Waals surface area contributed by atoms with E-state index in [1.807, 2.05) is 13.8 Å². The second kappa shape index (κ2) is 6.68. The number of carbonyl (C=O) groups excluding carboxylic acids is 2. The first-order valence-electron chi connectivity index (χ1n) is 5.78. The van der Waals surface area contributed by atoms with E-state index in [-0.39, 0.29) is 24.2 Å². The maximum Gasteiger partial charge on any atom is 0.325 e. The third-order valence-corrected chi connectivity index (χ3v) is 2.27. The molecule has 6 nitrogen and oxygen atoms in total. The van der Waals surface area contributed by atoms with E-state index in [0.29, 0.717) is 6.61 Å². The predicted molar refractivity (Wildman–Crippen MR) is 64.8 cm³/mol. The van der Waals surface area contributed by atoms with Crippen molar-refractivity contribution in [1.29, 1.82) is 0 Å². The van der Waals surface area contributed by atoms with Crippen molar-refractivity contribution in [3.63, 3.8) is 0 Å². The second-order valence-corrected chi connectivity index (χ2v) is 3.92. The van der Waals surface area contributed by atoms with Crippen LogP contribution < -0.4 is 0 Å². The van der Waals surface area contributed by atoms with Crippen molar-refractivity contribution in [2.24, 2.45) is 0 Å². The molecule has 0 fully saturated rings. The van der Waals surface area contributed by atoms with Crippen LogP contribution in [0.25, 0.3) is 0 Å². The second-order valence-electron chi connectivity index (χ2n) is 3.92. The highest BCUT2D eigenvalue weighted by Gasteiger charge is 2.23. The van der Waals surface area contributed by atoms with Crippen LogP contribution in [-0.4, -0.2) is 45.9 Å². The molecule has 98 valence electrons. The topological polar surface area (TPSA) is 72.4 Å². The summed E-state index contributed by atoms with van der Waals surface area (Å²) in [5.41, 5.74) is 0.218. The maximum atomic E-state index is 12.1. The van der Waals surface area contributed by atoms with Crippen molar-refractivity contribution in [3.05, 3.63) is 24.3 Å². The standard InChI is InChI=1S/C12H17N3O3/c1-4-18-11(16)8-15(9(2)3)12(17)10-7-13-5-6-14-10/h5-7,9H,4,8H2,1-3H3. The highest BCUT2D eigenvalue weighted by molar-refractivity contribution is 5.94. The molecule has 0 bridgehead atoms. The van der Waals surface area contributed by atoms with Crippen molar-refractivity contribution >= 4 is 11.9 Å². The van der Waals surface area contributed by atoms with Gasteiger partial charge < -0.3 is 9.64 Å². The molecule has 1 aromatic rings. The van der Waals surface area contributed by atoms with Gasteiger partial charge in [-0.15, -0.1) is 0 Å². The predicted octanol–water partition coefficient (Wildman–Crippen LogP) is 0.890.